The highest BCUT2D eigenvalue weighted by Gasteiger charge is 2.14. The van der Waals surface area contributed by atoms with Crippen LogP contribution in [0.4, 0.5) is 0 Å². The zero-order chi connectivity index (χ0) is 47.3. The second kappa shape index (κ2) is 35.5. The number of amides is 2. The molecule has 66 heavy (non-hydrogen) atoms. The van der Waals surface area contributed by atoms with E-state index in [2.05, 4.69) is 10.6 Å². The Morgan fingerprint density at radius 2 is 0.864 bits per heavy atom. The first-order chi connectivity index (χ1) is 32.2. The Labute approximate surface area is 384 Å². The quantitative estimate of drug-likeness (QED) is 0.0473. The first-order valence-corrected chi connectivity index (χ1v) is 21.5. The number of aliphatic carboxylic acids is 2. The van der Waals surface area contributed by atoms with Gasteiger partial charge >= 0.3 is 17.9 Å². The van der Waals surface area contributed by atoms with Crippen LogP contribution >= 0.6 is 0 Å². The topological polar surface area (TPSA) is 251 Å². The monoisotopic (exact) mass is 930 g/mol. The van der Waals surface area contributed by atoms with E-state index in [1.807, 2.05) is 30.3 Å². The molecular formula is C46H62N2O18. The first kappa shape index (κ1) is 54.6. The van der Waals surface area contributed by atoms with Crippen LogP contribution in [0.5, 0.6) is 11.5 Å². The van der Waals surface area contributed by atoms with Gasteiger partial charge in [-0.2, -0.15) is 0 Å². The third-order valence-electron chi connectivity index (χ3n) is 8.57. The van der Waals surface area contributed by atoms with Crippen molar-refractivity contribution in [2.75, 3.05) is 132 Å². The third-order valence-corrected chi connectivity index (χ3v) is 8.57. The molecule has 0 spiro atoms. The molecule has 3 rings (SSSR count). The van der Waals surface area contributed by atoms with Crippen molar-refractivity contribution in [2.24, 2.45) is 0 Å². The van der Waals surface area contributed by atoms with Crippen LogP contribution in [0.1, 0.15) is 28.8 Å². The molecule has 0 unspecified atom stereocenters. The molecule has 20 nitrogen and oxygen atoms in total. The number of benzene rings is 3. The average molecular weight is 931 g/mol. The van der Waals surface area contributed by atoms with E-state index in [1.54, 1.807) is 36.4 Å². The van der Waals surface area contributed by atoms with Crippen LogP contribution in [0.25, 0.3) is 11.1 Å². The fourth-order valence-electron chi connectivity index (χ4n) is 5.28. The van der Waals surface area contributed by atoms with E-state index < -0.39 is 23.8 Å². The van der Waals surface area contributed by atoms with E-state index in [1.165, 1.54) is 6.07 Å². The second-order valence-corrected chi connectivity index (χ2v) is 13.8. The van der Waals surface area contributed by atoms with Gasteiger partial charge in [0.1, 0.15) is 18.1 Å². The number of carboxylic acids is 2. The van der Waals surface area contributed by atoms with Crippen molar-refractivity contribution in [3.63, 3.8) is 0 Å². The van der Waals surface area contributed by atoms with Gasteiger partial charge < -0.3 is 73.0 Å². The molecule has 3 aromatic rings. The van der Waals surface area contributed by atoms with Gasteiger partial charge in [-0.25, -0.2) is 4.79 Å². The fourth-order valence-corrected chi connectivity index (χ4v) is 5.28. The van der Waals surface area contributed by atoms with E-state index in [0.29, 0.717) is 96.2 Å². The Morgan fingerprint density at radius 3 is 1.32 bits per heavy atom. The summed E-state index contributed by atoms with van der Waals surface area (Å²) in [6, 6.07) is 21.1. The summed E-state index contributed by atoms with van der Waals surface area (Å²) in [5.41, 5.74) is 2.36. The minimum atomic E-state index is -0.912. The van der Waals surface area contributed by atoms with Crippen LogP contribution < -0.4 is 20.1 Å². The van der Waals surface area contributed by atoms with Gasteiger partial charge in [0.2, 0.25) is 0 Å². The molecular weight excluding hydrogens is 869 g/mol. The molecule has 364 valence electrons. The van der Waals surface area contributed by atoms with Gasteiger partial charge in [-0.1, -0.05) is 42.5 Å². The fraction of sp³-hybridized carbons (Fsp3) is 0.500. The first-order valence-electron chi connectivity index (χ1n) is 21.5. The number of ether oxygens (including phenoxy) is 11. The van der Waals surface area contributed by atoms with Crippen molar-refractivity contribution in [3.8, 4) is 22.6 Å². The summed E-state index contributed by atoms with van der Waals surface area (Å²) in [5.74, 6) is -2.41. The van der Waals surface area contributed by atoms with Crippen LogP contribution in [0.2, 0.25) is 0 Å². The number of carbonyl (C=O) groups is 5. The van der Waals surface area contributed by atoms with Crippen molar-refractivity contribution in [2.45, 2.75) is 19.4 Å². The standard InChI is InChI=1S/C46H62N2O18/c49-42(47-12-16-58-20-24-62-28-26-60-22-18-56-14-10-44(51)52)34-64-40-8-6-37(7-9-40)38-30-39(46(55)66-33-36-4-2-1-3-5-36)32-41(31-38)65-35-43(50)48-13-17-59-21-25-63-29-27-61-23-19-57-15-11-45(53)54/h1-9,30-32H,10-29,33-35H2,(H,47,49)(H,48,50)(H,51,52)(H,53,54). The van der Waals surface area contributed by atoms with Gasteiger partial charge in [0.15, 0.2) is 13.2 Å². The molecule has 0 bridgehead atoms. The Bertz CT molecular complexity index is 1810. The highest BCUT2D eigenvalue weighted by Crippen LogP contribution is 2.28. The van der Waals surface area contributed by atoms with Crippen molar-refractivity contribution >= 4 is 29.7 Å². The second-order valence-electron chi connectivity index (χ2n) is 13.8. The molecule has 0 radical (unpaired) electrons. The highest BCUT2D eigenvalue weighted by atomic mass is 16.6. The predicted octanol–water partition coefficient (Wildman–Crippen LogP) is 2.78. The van der Waals surface area contributed by atoms with Crippen molar-refractivity contribution in [1.82, 2.24) is 10.6 Å². The number of hydrogen-bond acceptors (Lipinski definition) is 16. The number of nitrogens with one attached hydrogen (secondary N) is 2. The molecule has 3 aromatic carbocycles. The molecule has 0 fully saturated rings. The summed E-state index contributed by atoms with van der Waals surface area (Å²) in [7, 11) is 0. The lowest BCUT2D eigenvalue weighted by Crippen LogP contribution is -2.32. The van der Waals surface area contributed by atoms with Crippen LogP contribution in [-0.2, 0) is 68.4 Å². The largest absolute Gasteiger partial charge is 0.484 e. The van der Waals surface area contributed by atoms with E-state index in [0.717, 1.165) is 5.56 Å². The van der Waals surface area contributed by atoms with Gasteiger partial charge in [-0.15, -0.1) is 0 Å². The molecule has 4 N–H and O–H groups in total. The minimum Gasteiger partial charge on any atom is -0.484 e. The van der Waals surface area contributed by atoms with Crippen LogP contribution in [0.15, 0.2) is 72.8 Å². The Balaban J connectivity index is 1.35. The summed E-state index contributed by atoms with van der Waals surface area (Å²) >= 11 is 0. The minimum absolute atomic E-state index is 0.0438. The lowest BCUT2D eigenvalue weighted by Gasteiger charge is -2.13. The van der Waals surface area contributed by atoms with Gasteiger partial charge in [0.05, 0.1) is 124 Å². The molecule has 0 heterocycles. The lowest BCUT2D eigenvalue weighted by molar-refractivity contribution is -0.139. The molecule has 0 atom stereocenters. The molecule has 0 aromatic heterocycles. The van der Waals surface area contributed by atoms with Gasteiger partial charge in [0, 0.05) is 13.1 Å². The number of carboxylic acid groups (broad SMARTS) is 2. The van der Waals surface area contributed by atoms with Crippen molar-refractivity contribution in [3.05, 3.63) is 83.9 Å². The van der Waals surface area contributed by atoms with Crippen LogP contribution in [-0.4, -0.2) is 172 Å². The number of carbonyl (C=O) groups excluding carboxylic acids is 3. The summed E-state index contributed by atoms with van der Waals surface area (Å²) in [4.78, 5) is 59.0. The summed E-state index contributed by atoms with van der Waals surface area (Å²) in [6.07, 6.45) is -0.0926. The zero-order valence-corrected chi connectivity index (χ0v) is 37.1. The Hall–Kier alpha value is -5.71. The van der Waals surface area contributed by atoms with Crippen molar-refractivity contribution < 1.29 is 86.3 Å². The van der Waals surface area contributed by atoms with Gasteiger partial charge in [-0.05, 0) is 47.0 Å². The van der Waals surface area contributed by atoms with E-state index in [4.69, 9.17) is 62.3 Å². The molecule has 20 heteroatoms. The molecule has 2 amide bonds. The predicted molar refractivity (Wildman–Crippen MR) is 236 cm³/mol. The Kier molecular flexibility index (Phi) is 29.4. The van der Waals surface area contributed by atoms with E-state index >= 15 is 0 Å². The SMILES string of the molecule is O=C(O)CCOCCOCCOCCOCCNC(=O)COc1ccc(-c2cc(OCC(=O)NCCOCCOCCOCCOCCC(=O)O)cc(C(=O)OCc3ccccc3)c2)cc1. The number of esters is 1. The van der Waals surface area contributed by atoms with Crippen molar-refractivity contribution in [1.29, 1.82) is 0 Å². The highest BCUT2D eigenvalue weighted by molar-refractivity contribution is 5.92. The van der Waals surface area contributed by atoms with Crippen LogP contribution in [0.3, 0.4) is 0 Å². The summed E-state index contributed by atoms with van der Waals surface area (Å²) in [5, 5.41) is 22.6. The molecule has 0 aliphatic carbocycles. The maximum absolute atomic E-state index is 13.2. The summed E-state index contributed by atoms with van der Waals surface area (Å²) < 4.78 is 59.8. The Morgan fingerprint density at radius 1 is 0.439 bits per heavy atom. The van der Waals surface area contributed by atoms with Gasteiger partial charge in [-0.3, -0.25) is 19.2 Å². The molecule has 0 saturated heterocycles. The zero-order valence-electron chi connectivity index (χ0n) is 37.1. The maximum Gasteiger partial charge on any atom is 0.338 e. The molecule has 0 saturated carbocycles. The molecule has 0 aliphatic rings. The normalized spacial score (nSPS) is 10.9. The average Bonchev–Trinajstić information content (AvgIpc) is 3.32. The maximum atomic E-state index is 13.2. The summed E-state index contributed by atoms with van der Waals surface area (Å²) in [6.45, 7) is 4.98. The van der Waals surface area contributed by atoms with E-state index in [-0.39, 0.29) is 89.4 Å². The molecule has 0 aliphatic heterocycles. The number of rotatable bonds is 40. The third kappa shape index (κ3) is 27.6. The smallest absolute Gasteiger partial charge is 0.338 e. The lowest BCUT2D eigenvalue weighted by atomic mass is 10.0. The van der Waals surface area contributed by atoms with E-state index in [9.17, 15) is 24.0 Å². The van der Waals surface area contributed by atoms with Crippen LogP contribution in [0, 0.1) is 0 Å². The van der Waals surface area contributed by atoms with Gasteiger partial charge in [0.25, 0.3) is 11.8 Å². The number of hydrogen-bond donors (Lipinski definition) is 4.